The lowest BCUT2D eigenvalue weighted by atomic mass is 9.91. The number of carbonyl (C=O) groups excluding carboxylic acids is 2. The summed E-state index contributed by atoms with van der Waals surface area (Å²) in [6.45, 7) is 7.85. The minimum atomic E-state index is -1.09. The highest BCUT2D eigenvalue weighted by Crippen LogP contribution is 2.21. The maximum absolute atomic E-state index is 13.5. The fourth-order valence-electron chi connectivity index (χ4n) is 3.14. The molecule has 1 fully saturated rings. The van der Waals surface area contributed by atoms with Crippen molar-refractivity contribution in [1.29, 1.82) is 0 Å². The molecule has 1 aliphatic rings. The van der Waals surface area contributed by atoms with Crippen molar-refractivity contribution in [2.75, 3.05) is 6.61 Å². The molecule has 0 heterocycles. The van der Waals surface area contributed by atoms with Crippen LogP contribution in [0, 0.1) is 11.6 Å². The third kappa shape index (κ3) is 7.61. The van der Waals surface area contributed by atoms with E-state index in [0.29, 0.717) is 6.61 Å². The number of nitrogens with one attached hydrogen (secondary N) is 3. The van der Waals surface area contributed by atoms with Gasteiger partial charge in [0, 0.05) is 17.1 Å². The molecule has 0 spiro atoms. The molecule has 30 heavy (non-hydrogen) atoms. The first kappa shape index (κ1) is 23.6. The van der Waals surface area contributed by atoms with Gasteiger partial charge in [0.2, 0.25) is 0 Å². The molecule has 2 amide bonds. The highest BCUT2D eigenvalue weighted by molar-refractivity contribution is 6.05. The van der Waals surface area contributed by atoms with Gasteiger partial charge in [-0.15, -0.1) is 0 Å². The number of carbonyl (C=O) groups is 2. The monoisotopic (exact) mass is 424 g/mol. The molecule has 0 bridgehead atoms. The van der Waals surface area contributed by atoms with Crippen molar-refractivity contribution in [2.24, 2.45) is 4.99 Å². The van der Waals surface area contributed by atoms with Crippen molar-refractivity contribution in [2.45, 2.75) is 71.0 Å². The van der Waals surface area contributed by atoms with Crippen LogP contribution in [0.15, 0.2) is 23.2 Å². The van der Waals surface area contributed by atoms with Gasteiger partial charge in [0.1, 0.15) is 0 Å². The van der Waals surface area contributed by atoms with Crippen molar-refractivity contribution >= 4 is 18.0 Å². The Morgan fingerprint density at radius 3 is 2.37 bits per heavy atom. The Hall–Kier alpha value is -2.71. The first-order valence-corrected chi connectivity index (χ1v) is 10.1. The fourth-order valence-corrected chi connectivity index (χ4v) is 3.14. The summed E-state index contributed by atoms with van der Waals surface area (Å²) in [5.41, 5.74) is -0.373. The highest BCUT2D eigenvalue weighted by Gasteiger charge is 2.24. The van der Waals surface area contributed by atoms with Crippen molar-refractivity contribution in [3.05, 3.63) is 35.4 Å². The van der Waals surface area contributed by atoms with E-state index >= 15 is 0 Å². The smallest absolute Gasteiger partial charge is 0.407 e. The SMILES string of the molecule is CCOC(=O)NC1CCC(N=C(NC(=O)c2ccc(F)c(F)c2)NC(C)(C)C)CC1. The summed E-state index contributed by atoms with van der Waals surface area (Å²) in [6.07, 6.45) is 2.53. The maximum Gasteiger partial charge on any atom is 0.407 e. The van der Waals surface area contributed by atoms with Crippen molar-refractivity contribution in [3.63, 3.8) is 0 Å². The van der Waals surface area contributed by atoms with Crippen molar-refractivity contribution in [3.8, 4) is 0 Å². The van der Waals surface area contributed by atoms with E-state index in [1.165, 1.54) is 6.07 Å². The van der Waals surface area contributed by atoms with Gasteiger partial charge >= 0.3 is 6.09 Å². The summed E-state index contributed by atoms with van der Waals surface area (Å²) >= 11 is 0. The molecule has 0 aliphatic heterocycles. The van der Waals surface area contributed by atoms with Crippen LogP contribution >= 0.6 is 0 Å². The predicted molar refractivity (Wildman–Crippen MR) is 110 cm³/mol. The zero-order valence-corrected chi connectivity index (χ0v) is 17.9. The van der Waals surface area contributed by atoms with Gasteiger partial charge in [0.25, 0.3) is 5.91 Å². The molecule has 0 saturated heterocycles. The average molecular weight is 424 g/mol. The van der Waals surface area contributed by atoms with Gasteiger partial charge in [-0.1, -0.05) is 0 Å². The minimum absolute atomic E-state index is 0.000320. The van der Waals surface area contributed by atoms with E-state index in [2.05, 4.69) is 20.9 Å². The Labute approximate surface area is 175 Å². The number of guanidine groups is 1. The quantitative estimate of drug-likeness (QED) is 0.510. The van der Waals surface area contributed by atoms with Crippen LogP contribution < -0.4 is 16.0 Å². The Bertz CT molecular complexity index is 785. The molecule has 1 aromatic rings. The molecule has 1 aliphatic carbocycles. The normalized spacial score (nSPS) is 19.7. The Morgan fingerprint density at radius 2 is 1.80 bits per heavy atom. The lowest BCUT2D eigenvalue weighted by Crippen LogP contribution is -2.50. The number of alkyl carbamates (subject to hydrolysis) is 1. The third-order valence-corrected chi connectivity index (χ3v) is 4.51. The molecule has 1 aromatic carbocycles. The Kier molecular flexibility index (Phi) is 8.14. The van der Waals surface area contributed by atoms with E-state index in [-0.39, 0.29) is 29.1 Å². The molecular formula is C21H30F2N4O3. The average Bonchev–Trinajstić information content (AvgIpc) is 2.64. The van der Waals surface area contributed by atoms with Gasteiger partial charge < -0.3 is 15.4 Å². The van der Waals surface area contributed by atoms with E-state index in [4.69, 9.17) is 4.74 Å². The molecule has 1 saturated carbocycles. The van der Waals surface area contributed by atoms with Crippen LogP contribution in [0.5, 0.6) is 0 Å². The molecule has 166 valence electrons. The molecule has 0 radical (unpaired) electrons. The summed E-state index contributed by atoms with van der Waals surface area (Å²) in [5.74, 6) is -2.40. The lowest BCUT2D eigenvalue weighted by molar-refractivity contribution is 0.0974. The van der Waals surface area contributed by atoms with Crippen LogP contribution in [0.3, 0.4) is 0 Å². The molecule has 7 nitrogen and oxygen atoms in total. The van der Waals surface area contributed by atoms with E-state index in [9.17, 15) is 18.4 Å². The number of hydrogen-bond donors (Lipinski definition) is 3. The number of hydrogen-bond acceptors (Lipinski definition) is 4. The standard InChI is InChI=1S/C21H30F2N4O3/c1-5-30-20(29)25-15-9-7-14(8-10-15)24-19(27-21(2,3)4)26-18(28)13-6-11-16(22)17(23)12-13/h6,11-12,14-15H,5,7-10H2,1-4H3,(H,25,29)(H2,24,26,27,28). The van der Waals surface area contributed by atoms with Crippen LogP contribution in [0.1, 0.15) is 63.7 Å². The van der Waals surface area contributed by atoms with Crippen LogP contribution in [0.4, 0.5) is 13.6 Å². The van der Waals surface area contributed by atoms with Gasteiger partial charge in [-0.2, -0.15) is 0 Å². The van der Waals surface area contributed by atoms with Gasteiger partial charge in [-0.3, -0.25) is 10.1 Å². The first-order chi connectivity index (χ1) is 14.1. The first-order valence-electron chi connectivity index (χ1n) is 10.1. The lowest BCUT2D eigenvalue weighted by Gasteiger charge is -2.29. The molecule has 0 atom stereocenters. The van der Waals surface area contributed by atoms with Gasteiger partial charge in [-0.25, -0.2) is 18.6 Å². The van der Waals surface area contributed by atoms with Crippen molar-refractivity contribution in [1.82, 2.24) is 16.0 Å². The van der Waals surface area contributed by atoms with Gasteiger partial charge in [0.15, 0.2) is 17.6 Å². The topological polar surface area (TPSA) is 91.8 Å². The van der Waals surface area contributed by atoms with Crippen LogP contribution in [-0.2, 0) is 4.74 Å². The molecule has 3 N–H and O–H groups in total. The predicted octanol–water partition coefficient (Wildman–Crippen LogP) is 3.50. The zero-order chi connectivity index (χ0) is 22.3. The molecular weight excluding hydrogens is 394 g/mol. The van der Waals surface area contributed by atoms with Crippen LogP contribution in [0.25, 0.3) is 0 Å². The maximum atomic E-state index is 13.5. The molecule has 0 unspecified atom stereocenters. The summed E-state index contributed by atoms with van der Waals surface area (Å²) in [6, 6.07) is 2.97. The van der Waals surface area contributed by atoms with Gasteiger partial charge in [0.05, 0.1) is 12.6 Å². The minimum Gasteiger partial charge on any atom is -0.450 e. The van der Waals surface area contributed by atoms with Crippen LogP contribution in [0.2, 0.25) is 0 Å². The number of ether oxygens (including phenoxy) is 1. The second-order valence-corrected chi connectivity index (χ2v) is 8.31. The zero-order valence-electron chi connectivity index (χ0n) is 17.9. The number of aliphatic imine (C=N–C) groups is 1. The van der Waals surface area contributed by atoms with Gasteiger partial charge in [-0.05, 0) is 71.6 Å². The number of rotatable bonds is 4. The summed E-state index contributed by atoms with van der Waals surface area (Å²) in [4.78, 5) is 28.7. The van der Waals surface area contributed by atoms with E-state index in [0.717, 1.165) is 37.8 Å². The number of halogens is 2. The van der Waals surface area contributed by atoms with E-state index < -0.39 is 23.6 Å². The summed E-state index contributed by atoms with van der Waals surface area (Å²) < 4.78 is 31.5. The Balaban J connectivity index is 2.04. The second kappa shape index (κ2) is 10.4. The number of amides is 2. The third-order valence-electron chi connectivity index (χ3n) is 4.51. The largest absolute Gasteiger partial charge is 0.450 e. The summed E-state index contributed by atoms with van der Waals surface area (Å²) in [5, 5.41) is 8.65. The highest BCUT2D eigenvalue weighted by atomic mass is 19.2. The summed E-state index contributed by atoms with van der Waals surface area (Å²) in [7, 11) is 0. The number of benzene rings is 1. The Morgan fingerprint density at radius 1 is 1.13 bits per heavy atom. The fraction of sp³-hybridized carbons (Fsp3) is 0.571. The molecule has 2 rings (SSSR count). The molecule has 9 heteroatoms. The van der Waals surface area contributed by atoms with E-state index in [1.807, 2.05) is 20.8 Å². The van der Waals surface area contributed by atoms with Crippen LogP contribution in [-0.4, -0.2) is 42.2 Å². The van der Waals surface area contributed by atoms with E-state index in [1.54, 1.807) is 6.92 Å². The molecule has 0 aromatic heterocycles. The van der Waals surface area contributed by atoms with Crippen molar-refractivity contribution < 1.29 is 23.1 Å². The number of nitrogens with zero attached hydrogens (tertiary/aromatic N) is 1. The second-order valence-electron chi connectivity index (χ2n) is 8.31.